The first-order chi connectivity index (χ1) is 5.70. The summed E-state index contributed by atoms with van der Waals surface area (Å²) in [5.74, 6) is -1.02. The minimum Gasteiger partial charge on any atom is -0.435 e. The second kappa shape index (κ2) is 6.15. The summed E-state index contributed by atoms with van der Waals surface area (Å²) >= 11 is 0. The van der Waals surface area contributed by atoms with Crippen LogP contribution >= 0.6 is 0 Å². The van der Waals surface area contributed by atoms with E-state index in [9.17, 15) is 9.59 Å². The average Bonchev–Trinajstić information content (AvgIpc) is 2.02. The summed E-state index contributed by atoms with van der Waals surface area (Å²) in [4.78, 5) is 21.2. The lowest BCUT2D eigenvalue weighted by Crippen LogP contribution is -2.05. The quantitative estimate of drug-likeness (QED) is 0.458. The third kappa shape index (κ3) is 5.22. The smallest absolute Gasteiger partial charge is 0.311 e. The van der Waals surface area contributed by atoms with E-state index in [0.717, 1.165) is 12.5 Å². The number of esters is 2. The summed E-state index contributed by atoms with van der Waals surface area (Å²) in [6.07, 6.45) is 2.00. The van der Waals surface area contributed by atoms with Crippen LogP contribution in [0.4, 0.5) is 0 Å². The van der Waals surface area contributed by atoms with Gasteiger partial charge in [0, 0.05) is 0 Å². The maximum absolute atomic E-state index is 10.6. The van der Waals surface area contributed by atoms with Crippen LogP contribution in [-0.2, 0) is 19.1 Å². The first-order valence-electron chi connectivity index (χ1n) is 3.31. The molecule has 0 fully saturated rings. The zero-order chi connectivity index (χ0) is 9.40. The highest BCUT2D eigenvalue weighted by Crippen LogP contribution is 1.95. The van der Waals surface area contributed by atoms with Crippen LogP contribution in [0.1, 0.15) is 12.8 Å². The van der Waals surface area contributed by atoms with Gasteiger partial charge in [0.2, 0.25) is 0 Å². The second-order valence-electron chi connectivity index (χ2n) is 1.81. The third-order valence-corrected chi connectivity index (χ3v) is 0.963. The van der Waals surface area contributed by atoms with Gasteiger partial charge in [-0.25, -0.2) is 0 Å². The Morgan fingerprint density at radius 2 is 1.33 bits per heavy atom. The van der Waals surface area contributed by atoms with Gasteiger partial charge < -0.3 is 9.47 Å². The molecule has 0 radical (unpaired) electrons. The van der Waals surface area contributed by atoms with Crippen LogP contribution in [0.3, 0.4) is 0 Å². The first-order valence-corrected chi connectivity index (χ1v) is 3.31. The van der Waals surface area contributed by atoms with Gasteiger partial charge in [0.1, 0.15) is 0 Å². The maximum atomic E-state index is 10.6. The molecule has 0 rings (SSSR count). The highest BCUT2D eigenvalue weighted by atomic mass is 16.5. The summed E-state index contributed by atoms with van der Waals surface area (Å²) in [6, 6.07) is 0. The Morgan fingerprint density at radius 3 is 1.58 bits per heavy atom. The molecule has 12 heavy (non-hydrogen) atoms. The molecule has 0 aliphatic carbocycles. The molecule has 66 valence electrons. The Hall–Kier alpha value is -1.58. The molecule has 0 bridgehead atoms. The van der Waals surface area contributed by atoms with Crippen molar-refractivity contribution < 1.29 is 19.1 Å². The highest BCUT2D eigenvalue weighted by Gasteiger charge is 2.06. The molecular formula is C8H10O4. The topological polar surface area (TPSA) is 52.6 Å². The number of carbonyl (C=O) groups is 2. The lowest BCUT2D eigenvalue weighted by molar-refractivity contribution is -0.144. The first kappa shape index (κ1) is 10.4. The highest BCUT2D eigenvalue weighted by molar-refractivity contribution is 5.78. The van der Waals surface area contributed by atoms with E-state index in [0.29, 0.717) is 0 Å². The van der Waals surface area contributed by atoms with E-state index in [1.807, 2.05) is 0 Å². The van der Waals surface area contributed by atoms with Crippen molar-refractivity contribution in [1.82, 2.24) is 0 Å². The van der Waals surface area contributed by atoms with Crippen LogP contribution < -0.4 is 0 Å². The molecule has 0 aromatic heterocycles. The summed E-state index contributed by atoms with van der Waals surface area (Å²) in [5, 5.41) is 0. The number of carbonyl (C=O) groups excluding carboxylic acids is 2. The minimum atomic E-state index is -0.508. The predicted molar refractivity (Wildman–Crippen MR) is 41.8 cm³/mol. The standard InChI is InChI=1S/C8H10O4/c1-3-11-7(9)5-6-8(10)12-4-2/h3-4H,1-2,5-6H2. The average molecular weight is 170 g/mol. The molecule has 0 heterocycles. The van der Waals surface area contributed by atoms with Crippen LogP contribution in [0.2, 0.25) is 0 Å². The zero-order valence-electron chi connectivity index (χ0n) is 6.62. The minimum absolute atomic E-state index is 0.0152. The molecule has 4 heteroatoms. The van der Waals surface area contributed by atoms with E-state index in [1.165, 1.54) is 0 Å². The van der Waals surface area contributed by atoms with E-state index in [4.69, 9.17) is 0 Å². The van der Waals surface area contributed by atoms with Crippen LogP contribution in [0.15, 0.2) is 25.7 Å². The van der Waals surface area contributed by atoms with Gasteiger partial charge in [-0.05, 0) is 0 Å². The van der Waals surface area contributed by atoms with Crippen molar-refractivity contribution >= 4 is 11.9 Å². The molecule has 0 aromatic carbocycles. The molecule has 0 unspecified atom stereocenters. The number of hydrogen-bond acceptors (Lipinski definition) is 4. The molecule has 0 saturated heterocycles. The van der Waals surface area contributed by atoms with Gasteiger partial charge in [-0.1, -0.05) is 13.2 Å². The van der Waals surface area contributed by atoms with Crippen LogP contribution in [-0.4, -0.2) is 11.9 Å². The van der Waals surface area contributed by atoms with E-state index in [2.05, 4.69) is 22.6 Å². The summed E-state index contributed by atoms with van der Waals surface area (Å²) in [6.45, 7) is 6.38. The van der Waals surface area contributed by atoms with Crippen LogP contribution in [0.5, 0.6) is 0 Å². The zero-order valence-corrected chi connectivity index (χ0v) is 6.62. The van der Waals surface area contributed by atoms with Crippen LogP contribution in [0, 0.1) is 0 Å². The van der Waals surface area contributed by atoms with Crippen molar-refractivity contribution in [2.75, 3.05) is 0 Å². The van der Waals surface area contributed by atoms with Gasteiger partial charge in [-0.15, -0.1) is 0 Å². The monoisotopic (exact) mass is 170 g/mol. The van der Waals surface area contributed by atoms with E-state index in [-0.39, 0.29) is 12.8 Å². The Bertz CT molecular complexity index is 173. The lowest BCUT2D eigenvalue weighted by atomic mass is 10.3. The molecule has 0 amide bonds. The summed E-state index contributed by atoms with van der Waals surface area (Å²) < 4.78 is 8.72. The van der Waals surface area contributed by atoms with E-state index in [1.54, 1.807) is 0 Å². The molecule has 0 saturated carbocycles. The molecule has 0 aromatic rings. The Labute approximate surface area is 70.5 Å². The van der Waals surface area contributed by atoms with Crippen molar-refractivity contribution in [1.29, 1.82) is 0 Å². The third-order valence-electron chi connectivity index (χ3n) is 0.963. The molecule has 0 aliphatic rings. The Balaban J connectivity index is 3.53. The SMILES string of the molecule is C=COC(=O)CCC(=O)OC=C. The molecule has 0 N–H and O–H groups in total. The Kier molecular flexibility index (Phi) is 5.34. The summed E-state index contributed by atoms with van der Waals surface area (Å²) in [5.41, 5.74) is 0. The lowest BCUT2D eigenvalue weighted by Gasteiger charge is -1.97. The number of rotatable bonds is 5. The fourth-order valence-electron chi connectivity index (χ4n) is 0.508. The van der Waals surface area contributed by atoms with Gasteiger partial charge in [-0.3, -0.25) is 9.59 Å². The Morgan fingerprint density at radius 1 is 1.00 bits per heavy atom. The molecule has 0 aliphatic heterocycles. The van der Waals surface area contributed by atoms with E-state index >= 15 is 0 Å². The van der Waals surface area contributed by atoms with Crippen molar-refractivity contribution in [2.45, 2.75) is 12.8 Å². The molecular weight excluding hydrogens is 160 g/mol. The van der Waals surface area contributed by atoms with Gasteiger partial charge in [0.05, 0.1) is 25.4 Å². The van der Waals surface area contributed by atoms with E-state index < -0.39 is 11.9 Å². The largest absolute Gasteiger partial charge is 0.435 e. The van der Waals surface area contributed by atoms with Crippen LogP contribution in [0.25, 0.3) is 0 Å². The number of hydrogen-bond donors (Lipinski definition) is 0. The van der Waals surface area contributed by atoms with Crippen molar-refractivity contribution in [2.24, 2.45) is 0 Å². The van der Waals surface area contributed by atoms with Gasteiger partial charge >= 0.3 is 11.9 Å². The van der Waals surface area contributed by atoms with Crippen molar-refractivity contribution in [3.8, 4) is 0 Å². The van der Waals surface area contributed by atoms with Gasteiger partial charge in [0.25, 0.3) is 0 Å². The normalized spacial score (nSPS) is 8.33. The summed E-state index contributed by atoms with van der Waals surface area (Å²) in [7, 11) is 0. The van der Waals surface area contributed by atoms with Crippen molar-refractivity contribution in [3.05, 3.63) is 25.7 Å². The van der Waals surface area contributed by atoms with Gasteiger partial charge in [0.15, 0.2) is 0 Å². The second-order valence-corrected chi connectivity index (χ2v) is 1.81. The fraction of sp³-hybridized carbons (Fsp3) is 0.250. The molecule has 0 atom stereocenters. The van der Waals surface area contributed by atoms with Gasteiger partial charge in [-0.2, -0.15) is 0 Å². The molecule has 0 spiro atoms. The van der Waals surface area contributed by atoms with Crippen molar-refractivity contribution in [3.63, 3.8) is 0 Å². The fourth-order valence-corrected chi connectivity index (χ4v) is 0.508. The maximum Gasteiger partial charge on any atom is 0.311 e. The molecule has 4 nitrogen and oxygen atoms in total. The predicted octanol–water partition coefficient (Wildman–Crippen LogP) is 1.14. The number of ether oxygens (including phenoxy) is 2.